The van der Waals surface area contributed by atoms with E-state index in [2.05, 4.69) is 4.98 Å². The number of aromatic nitrogens is 2. The van der Waals surface area contributed by atoms with Gasteiger partial charge in [-0.3, -0.25) is 0 Å². The molecule has 20 heavy (non-hydrogen) atoms. The Morgan fingerprint density at radius 1 is 1.40 bits per heavy atom. The van der Waals surface area contributed by atoms with Gasteiger partial charge in [0.25, 0.3) is 0 Å². The first-order chi connectivity index (χ1) is 9.36. The number of para-hydroxylation sites is 1. The number of hydrogen-bond donors (Lipinski definition) is 1. The van der Waals surface area contributed by atoms with Crippen molar-refractivity contribution in [1.82, 2.24) is 9.55 Å². The van der Waals surface area contributed by atoms with Gasteiger partial charge < -0.3 is 9.67 Å². The van der Waals surface area contributed by atoms with Gasteiger partial charge in [0.2, 0.25) is 5.82 Å². The third kappa shape index (κ3) is 2.48. The molecule has 0 saturated carbocycles. The number of imidazole rings is 1. The number of benzene rings is 1. The number of carbonyl (C=O) groups is 1. The van der Waals surface area contributed by atoms with Crippen LogP contribution in [0.25, 0.3) is 11.0 Å². The van der Waals surface area contributed by atoms with Crippen LogP contribution in [-0.2, 0) is 12.7 Å². The van der Waals surface area contributed by atoms with E-state index in [0.29, 0.717) is 12.8 Å². The lowest BCUT2D eigenvalue weighted by atomic mass is 10.2. The van der Waals surface area contributed by atoms with E-state index in [9.17, 15) is 18.0 Å². The van der Waals surface area contributed by atoms with Crippen molar-refractivity contribution in [2.45, 2.75) is 32.5 Å². The minimum Gasteiger partial charge on any atom is -0.478 e. The van der Waals surface area contributed by atoms with E-state index in [4.69, 9.17) is 5.11 Å². The molecule has 0 saturated heterocycles. The topological polar surface area (TPSA) is 55.1 Å². The largest absolute Gasteiger partial charge is 0.478 e. The number of fused-ring (bicyclic) bond motifs is 1. The summed E-state index contributed by atoms with van der Waals surface area (Å²) >= 11 is 0. The summed E-state index contributed by atoms with van der Waals surface area (Å²) in [6, 6.07) is 4.07. The molecule has 0 amide bonds. The Kier molecular flexibility index (Phi) is 3.69. The van der Waals surface area contributed by atoms with Crippen LogP contribution in [0.3, 0.4) is 0 Å². The van der Waals surface area contributed by atoms with Crippen LogP contribution in [0, 0.1) is 0 Å². The van der Waals surface area contributed by atoms with E-state index in [0.717, 1.165) is 4.57 Å². The lowest BCUT2D eigenvalue weighted by Gasteiger charge is -2.11. The molecule has 1 N–H and O–H groups in total. The molecule has 0 aliphatic rings. The third-order valence-corrected chi connectivity index (χ3v) is 2.99. The number of hydrogen-bond acceptors (Lipinski definition) is 2. The molecule has 1 aromatic carbocycles. The van der Waals surface area contributed by atoms with Gasteiger partial charge in [-0.25, -0.2) is 9.78 Å². The maximum absolute atomic E-state index is 13.0. The molecule has 0 aliphatic carbocycles. The van der Waals surface area contributed by atoms with Crippen LogP contribution < -0.4 is 0 Å². The maximum atomic E-state index is 13.0. The zero-order valence-electron chi connectivity index (χ0n) is 10.7. The summed E-state index contributed by atoms with van der Waals surface area (Å²) in [7, 11) is 0. The molecule has 4 nitrogen and oxygen atoms in total. The standard InChI is InChI=1S/C13H13F3N2O2/c1-2-3-7-18-10-8(11(19)20)5-4-6-9(10)17-12(18)13(14,15)16/h4-6H,2-3,7H2,1H3,(H,19,20). The Morgan fingerprint density at radius 2 is 2.10 bits per heavy atom. The number of aryl methyl sites for hydroxylation is 1. The molecule has 0 fully saturated rings. The van der Waals surface area contributed by atoms with Crippen molar-refractivity contribution in [3.05, 3.63) is 29.6 Å². The fourth-order valence-corrected chi connectivity index (χ4v) is 2.11. The van der Waals surface area contributed by atoms with Crippen LogP contribution in [0.4, 0.5) is 13.2 Å². The number of nitrogens with zero attached hydrogens (tertiary/aromatic N) is 2. The normalized spacial score (nSPS) is 12.0. The number of rotatable bonds is 4. The first kappa shape index (κ1) is 14.4. The van der Waals surface area contributed by atoms with Crippen molar-refractivity contribution in [3.8, 4) is 0 Å². The number of aromatic carboxylic acids is 1. The van der Waals surface area contributed by atoms with Crippen molar-refractivity contribution < 1.29 is 23.1 Å². The van der Waals surface area contributed by atoms with Gasteiger partial charge in [-0.2, -0.15) is 13.2 Å². The van der Waals surface area contributed by atoms with Crippen LogP contribution in [0.15, 0.2) is 18.2 Å². The SMILES string of the molecule is CCCCn1c(C(F)(F)F)nc2cccc(C(=O)O)c21. The van der Waals surface area contributed by atoms with Crippen molar-refractivity contribution >= 4 is 17.0 Å². The highest BCUT2D eigenvalue weighted by molar-refractivity contribution is 6.01. The summed E-state index contributed by atoms with van der Waals surface area (Å²) in [4.78, 5) is 14.7. The van der Waals surface area contributed by atoms with Gasteiger partial charge in [0.1, 0.15) is 0 Å². The van der Waals surface area contributed by atoms with Crippen LogP contribution in [0.1, 0.15) is 35.9 Å². The first-order valence-corrected chi connectivity index (χ1v) is 6.16. The molecule has 1 heterocycles. The Hall–Kier alpha value is -2.05. The summed E-state index contributed by atoms with van der Waals surface area (Å²) in [6.45, 7) is 1.94. The minimum atomic E-state index is -4.61. The average Bonchev–Trinajstić information content (AvgIpc) is 2.74. The van der Waals surface area contributed by atoms with E-state index in [-0.39, 0.29) is 23.1 Å². The third-order valence-electron chi connectivity index (χ3n) is 2.99. The highest BCUT2D eigenvalue weighted by Crippen LogP contribution is 2.33. The monoisotopic (exact) mass is 286 g/mol. The molecule has 2 rings (SSSR count). The van der Waals surface area contributed by atoms with Gasteiger partial charge in [0.05, 0.1) is 16.6 Å². The number of unbranched alkanes of at least 4 members (excludes halogenated alkanes) is 1. The van der Waals surface area contributed by atoms with Gasteiger partial charge in [0, 0.05) is 6.54 Å². The zero-order valence-corrected chi connectivity index (χ0v) is 10.7. The molecule has 2 aromatic rings. The molecule has 108 valence electrons. The van der Waals surface area contributed by atoms with Crippen molar-refractivity contribution in [1.29, 1.82) is 0 Å². The first-order valence-electron chi connectivity index (χ1n) is 6.16. The zero-order chi connectivity index (χ0) is 14.9. The van der Waals surface area contributed by atoms with Gasteiger partial charge in [-0.1, -0.05) is 19.4 Å². The second kappa shape index (κ2) is 5.15. The van der Waals surface area contributed by atoms with Crippen molar-refractivity contribution in [3.63, 3.8) is 0 Å². The smallest absolute Gasteiger partial charge is 0.449 e. The van der Waals surface area contributed by atoms with E-state index in [1.807, 2.05) is 6.92 Å². The predicted octanol–water partition coefficient (Wildman–Crippen LogP) is 3.55. The molecule has 0 spiro atoms. The summed E-state index contributed by atoms with van der Waals surface area (Å²) < 4.78 is 40.0. The highest BCUT2D eigenvalue weighted by atomic mass is 19.4. The van der Waals surface area contributed by atoms with E-state index >= 15 is 0 Å². The van der Waals surface area contributed by atoms with E-state index in [1.165, 1.54) is 18.2 Å². The van der Waals surface area contributed by atoms with Gasteiger partial charge >= 0.3 is 12.1 Å². The molecule has 0 atom stereocenters. The Balaban J connectivity index is 2.75. The molecule has 0 unspecified atom stereocenters. The van der Waals surface area contributed by atoms with Crippen LogP contribution >= 0.6 is 0 Å². The molecular weight excluding hydrogens is 273 g/mol. The molecule has 0 bridgehead atoms. The summed E-state index contributed by atoms with van der Waals surface area (Å²) in [5.41, 5.74) is -0.0873. The Bertz CT molecular complexity index is 647. The average molecular weight is 286 g/mol. The van der Waals surface area contributed by atoms with Crippen molar-refractivity contribution in [2.75, 3.05) is 0 Å². The fraction of sp³-hybridized carbons (Fsp3) is 0.385. The lowest BCUT2D eigenvalue weighted by Crippen LogP contribution is -2.16. The number of halogens is 3. The molecule has 7 heteroatoms. The maximum Gasteiger partial charge on any atom is 0.449 e. The number of carboxylic acids is 1. The Morgan fingerprint density at radius 3 is 2.65 bits per heavy atom. The van der Waals surface area contributed by atoms with Gasteiger partial charge in [-0.15, -0.1) is 0 Å². The highest BCUT2D eigenvalue weighted by Gasteiger charge is 2.38. The van der Waals surface area contributed by atoms with E-state index < -0.39 is 18.0 Å². The predicted molar refractivity (Wildman–Crippen MR) is 66.6 cm³/mol. The van der Waals surface area contributed by atoms with E-state index in [1.54, 1.807) is 0 Å². The van der Waals surface area contributed by atoms with Gasteiger partial charge in [0.15, 0.2) is 0 Å². The second-order valence-corrected chi connectivity index (χ2v) is 4.42. The number of alkyl halides is 3. The molecule has 1 aromatic heterocycles. The number of carboxylic acid groups (broad SMARTS) is 1. The van der Waals surface area contributed by atoms with Crippen LogP contribution in [-0.4, -0.2) is 20.6 Å². The lowest BCUT2D eigenvalue weighted by molar-refractivity contribution is -0.147. The van der Waals surface area contributed by atoms with Crippen LogP contribution in [0.5, 0.6) is 0 Å². The summed E-state index contributed by atoms with van der Waals surface area (Å²) in [5, 5.41) is 9.12. The summed E-state index contributed by atoms with van der Waals surface area (Å²) in [5.74, 6) is -2.31. The van der Waals surface area contributed by atoms with Crippen molar-refractivity contribution in [2.24, 2.45) is 0 Å². The fourth-order valence-electron chi connectivity index (χ4n) is 2.11. The summed E-state index contributed by atoms with van der Waals surface area (Å²) in [6.07, 6.45) is -3.39. The molecule has 0 aliphatic heterocycles. The molecular formula is C13H13F3N2O2. The van der Waals surface area contributed by atoms with Crippen LogP contribution in [0.2, 0.25) is 0 Å². The minimum absolute atomic E-state index is 0.0285. The second-order valence-electron chi connectivity index (χ2n) is 4.42. The molecule has 0 radical (unpaired) electrons. The Labute approximate surface area is 112 Å². The van der Waals surface area contributed by atoms with Gasteiger partial charge in [-0.05, 0) is 18.6 Å². The quantitative estimate of drug-likeness (QED) is 0.935.